The Hall–Kier alpha value is -2.83. The van der Waals surface area contributed by atoms with Crippen LogP contribution in [0.2, 0.25) is 0 Å². The maximum absolute atomic E-state index is 14.4. The molecule has 2 aromatic carbocycles. The van der Waals surface area contributed by atoms with Gasteiger partial charge in [-0.1, -0.05) is 60.7 Å². The molecular formula is C26H34F4N2O5S. The van der Waals surface area contributed by atoms with E-state index in [2.05, 4.69) is 14.2 Å². The third-order valence-electron chi connectivity index (χ3n) is 4.92. The van der Waals surface area contributed by atoms with Crippen molar-refractivity contribution in [2.24, 2.45) is 5.73 Å². The summed E-state index contributed by atoms with van der Waals surface area (Å²) in [6.07, 6.45) is 0. The van der Waals surface area contributed by atoms with Crippen LogP contribution in [0.3, 0.4) is 0 Å². The number of nitrogens with two attached hydrogens (primary N) is 1. The van der Waals surface area contributed by atoms with Crippen LogP contribution in [0.1, 0.15) is 57.8 Å². The fourth-order valence-electron chi connectivity index (χ4n) is 2.85. The van der Waals surface area contributed by atoms with Gasteiger partial charge in [-0.2, -0.15) is 17.6 Å². The smallest absolute Gasteiger partial charge is 0.379 e. The normalized spacial score (nSPS) is 14.4. The largest absolute Gasteiger partial charge is 0.462 e. The molecule has 0 heterocycles. The molecule has 0 fully saturated rings. The molecule has 12 heteroatoms. The third kappa shape index (κ3) is 9.17. The van der Waals surface area contributed by atoms with Crippen molar-refractivity contribution in [1.29, 1.82) is 0 Å². The molecule has 0 bridgehead atoms. The molecule has 0 aliphatic carbocycles. The summed E-state index contributed by atoms with van der Waals surface area (Å²) in [5.74, 6) is -10.8. The molecule has 0 aromatic heterocycles. The van der Waals surface area contributed by atoms with E-state index in [0.717, 1.165) is 0 Å². The number of halogens is 4. The van der Waals surface area contributed by atoms with Crippen molar-refractivity contribution in [2.75, 3.05) is 13.2 Å². The molecule has 0 saturated carbocycles. The molecular weight excluding hydrogens is 528 g/mol. The average molecular weight is 563 g/mol. The van der Waals surface area contributed by atoms with Crippen molar-refractivity contribution >= 4 is 22.9 Å². The number of esters is 2. The fourth-order valence-corrected chi connectivity index (χ4v) is 3.70. The van der Waals surface area contributed by atoms with E-state index in [1.165, 1.54) is 38.1 Å². The van der Waals surface area contributed by atoms with Crippen LogP contribution in [0.25, 0.3) is 0 Å². The van der Waals surface area contributed by atoms with Gasteiger partial charge in [0.05, 0.1) is 28.9 Å². The quantitative estimate of drug-likeness (QED) is 0.316. The van der Waals surface area contributed by atoms with E-state index in [4.69, 9.17) is 5.73 Å². The molecule has 0 amide bonds. The Morgan fingerprint density at radius 2 is 1.21 bits per heavy atom. The van der Waals surface area contributed by atoms with Gasteiger partial charge in [-0.05, 0) is 45.7 Å². The lowest BCUT2D eigenvalue weighted by atomic mass is 10.0. The first-order valence-electron chi connectivity index (χ1n) is 11.7. The van der Waals surface area contributed by atoms with Crippen LogP contribution in [0, 0.1) is 0 Å². The molecule has 38 heavy (non-hydrogen) atoms. The number of carbonyl (C=O) groups is 2. The number of ether oxygens (including phenoxy) is 2. The zero-order valence-corrected chi connectivity index (χ0v) is 22.7. The minimum absolute atomic E-state index is 0.101. The van der Waals surface area contributed by atoms with Gasteiger partial charge in [-0.3, -0.25) is 0 Å². The van der Waals surface area contributed by atoms with E-state index in [1.807, 2.05) is 0 Å². The van der Waals surface area contributed by atoms with Gasteiger partial charge >= 0.3 is 23.8 Å². The van der Waals surface area contributed by atoms with Gasteiger partial charge in [-0.15, -0.1) is 0 Å². The highest BCUT2D eigenvalue weighted by Gasteiger charge is 2.51. The number of carbonyl (C=O) groups excluding carboxylic acids is 2. The Morgan fingerprint density at radius 1 is 0.816 bits per heavy atom. The van der Waals surface area contributed by atoms with Crippen LogP contribution < -0.4 is 10.5 Å². The van der Waals surface area contributed by atoms with E-state index in [9.17, 15) is 31.4 Å². The molecule has 3 atom stereocenters. The minimum Gasteiger partial charge on any atom is -0.462 e. The average Bonchev–Trinajstić information content (AvgIpc) is 2.87. The predicted molar refractivity (Wildman–Crippen MR) is 137 cm³/mol. The molecule has 0 saturated heterocycles. The lowest BCUT2D eigenvalue weighted by Gasteiger charge is -2.29. The second-order valence-electron chi connectivity index (χ2n) is 8.92. The van der Waals surface area contributed by atoms with Gasteiger partial charge < -0.3 is 15.2 Å². The predicted octanol–water partition coefficient (Wildman–Crippen LogP) is 4.86. The first kappa shape index (κ1) is 33.2. The Kier molecular flexibility index (Phi) is 12.5. The summed E-state index contributed by atoms with van der Waals surface area (Å²) in [7, 11) is -1.77. The monoisotopic (exact) mass is 562 g/mol. The summed E-state index contributed by atoms with van der Waals surface area (Å²) in [6, 6.07) is 12.0. The fraction of sp³-hybridized carbons (Fsp3) is 0.462. The Bertz CT molecular complexity index is 1050. The number of hydrogen-bond donors (Lipinski definition) is 2. The zero-order valence-electron chi connectivity index (χ0n) is 21.9. The minimum atomic E-state index is -3.84. The third-order valence-corrected chi connectivity index (χ3v) is 6.48. The van der Waals surface area contributed by atoms with Gasteiger partial charge in [0, 0.05) is 0 Å². The van der Waals surface area contributed by atoms with Gasteiger partial charge in [-0.25, -0.2) is 18.5 Å². The van der Waals surface area contributed by atoms with Crippen molar-refractivity contribution in [3.8, 4) is 0 Å². The van der Waals surface area contributed by atoms with Gasteiger partial charge in [0.15, 0.2) is 0 Å². The summed E-state index contributed by atoms with van der Waals surface area (Å²) >= 11 is 0. The van der Waals surface area contributed by atoms with Gasteiger partial charge in [0.25, 0.3) is 0 Å². The van der Waals surface area contributed by atoms with Gasteiger partial charge in [0.2, 0.25) is 0 Å². The standard InChI is InChI=1S/C15H21F2NO3S.C11H13F2NO2/c1-5-21-13(19)15(16,17)12(11-9-7-6-8-10-11)18-22(20)14(2,3)4;1-2-16-10(15)11(12,13)9(14)8-6-4-3-5-7-8/h6-10,12,18H,5H2,1-4H3;3-7,9H,2,14H2,1H3/t12-,22-;9-/m00/s1. The Morgan fingerprint density at radius 3 is 1.61 bits per heavy atom. The summed E-state index contributed by atoms with van der Waals surface area (Å²) in [5.41, 5.74) is 5.71. The first-order chi connectivity index (χ1) is 17.6. The summed E-state index contributed by atoms with van der Waals surface area (Å²) < 4.78 is 78.4. The van der Waals surface area contributed by atoms with Crippen molar-refractivity contribution < 1.29 is 40.8 Å². The number of benzene rings is 2. The van der Waals surface area contributed by atoms with Crippen LogP contribution in [-0.2, 0) is 30.0 Å². The molecule has 0 unspecified atom stereocenters. The van der Waals surface area contributed by atoms with E-state index in [-0.39, 0.29) is 24.3 Å². The highest BCUT2D eigenvalue weighted by Crippen LogP contribution is 2.34. The number of hydrogen-bond acceptors (Lipinski definition) is 6. The van der Waals surface area contributed by atoms with E-state index in [0.29, 0.717) is 0 Å². The van der Waals surface area contributed by atoms with Crippen LogP contribution in [0.5, 0.6) is 0 Å². The Labute approximate surface area is 222 Å². The van der Waals surface area contributed by atoms with Crippen molar-refractivity contribution in [3.05, 3.63) is 71.8 Å². The SMILES string of the molecule is CCOC(=O)C(F)(F)[C@@H](N)c1ccccc1.CCOC(=O)C(F)(F)[C@@H](N[S@@](=O)C(C)(C)C)c1ccccc1. The molecule has 2 rings (SSSR count). The van der Waals surface area contributed by atoms with Gasteiger partial charge in [0.1, 0.15) is 12.1 Å². The molecule has 212 valence electrons. The van der Waals surface area contributed by atoms with Crippen LogP contribution in [-0.4, -0.2) is 46.0 Å². The van der Waals surface area contributed by atoms with Crippen LogP contribution >= 0.6 is 0 Å². The highest BCUT2D eigenvalue weighted by molar-refractivity contribution is 7.84. The van der Waals surface area contributed by atoms with Crippen molar-refractivity contribution in [2.45, 2.75) is 63.3 Å². The Balaban J connectivity index is 0.000000399. The lowest BCUT2D eigenvalue weighted by molar-refractivity contribution is -0.175. The number of nitrogens with one attached hydrogen (secondary N) is 1. The second kappa shape index (κ2) is 14.4. The topological polar surface area (TPSA) is 108 Å². The zero-order chi connectivity index (χ0) is 29.1. The van der Waals surface area contributed by atoms with Crippen LogP contribution in [0.4, 0.5) is 17.6 Å². The van der Waals surface area contributed by atoms with Crippen LogP contribution in [0.15, 0.2) is 60.7 Å². The molecule has 0 radical (unpaired) electrons. The number of rotatable bonds is 10. The number of alkyl halides is 4. The maximum Gasteiger partial charge on any atom is 0.379 e. The van der Waals surface area contributed by atoms with Crippen molar-refractivity contribution in [3.63, 3.8) is 0 Å². The van der Waals surface area contributed by atoms with E-state index < -0.39 is 51.6 Å². The summed E-state index contributed by atoms with van der Waals surface area (Å²) in [6.45, 7) is 7.62. The first-order valence-corrected chi connectivity index (χ1v) is 12.9. The molecule has 0 spiro atoms. The molecule has 2 aromatic rings. The van der Waals surface area contributed by atoms with E-state index >= 15 is 0 Å². The molecule has 7 nitrogen and oxygen atoms in total. The molecule has 0 aliphatic heterocycles. The second-order valence-corrected chi connectivity index (χ2v) is 10.9. The molecule has 3 N–H and O–H groups in total. The van der Waals surface area contributed by atoms with Crippen molar-refractivity contribution in [1.82, 2.24) is 4.72 Å². The summed E-state index contributed by atoms with van der Waals surface area (Å²) in [4.78, 5) is 22.6. The highest BCUT2D eigenvalue weighted by atomic mass is 32.2. The summed E-state index contributed by atoms with van der Waals surface area (Å²) in [5, 5.41) is 0. The molecule has 0 aliphatic rings. The lowest BCUT2D eigenvalue weighted by Crippen LogP contribution is -2.47. The maximum atomic E-state index is 14.4. The van der Waals surface area contributed by atoms with E-state index in [1.54, 1.807) is 57.2 Å².